The maximum Gasteiger partial charge on any atom is 0.419 e. The van der Waals surface area contributed by atoms with E-state index in [1.54, 1.807) is 82.3 Å². The van der Waals surface area contributed by atoms with Gasteiger partial charge >= 0.3 is 12.2 Å². The van der Waals surface area contributed by atoms with Gasteiger partial charge in [-0.25, -0.2) is 29.1 Å². The van der Waals surface area contributed by atoms with E-state index in [0.717, 1.165) is 34.4 Å². The van der Waals surface area contributed by atoms with Gasteiger partial charge in [-0.2, -0.15) is 5.10 Å². The number of nitrogens with two attached hydrogens (primary N) is 1. The number of fused-ring (bicyclic) bond motifs is 1. The summed E-state index contributed by atoms with van der Waals surface area (Å²) in [5.41, 5.74) is 8.50. The lowest BCUT2D eigenvalue weighted by Gasteiger charge is -2.32. The number of likely N-dealkylation sites (N-methyl/N-ethyl adjacent to an activating group) is 2. The second-order valence-electron chi connectivity index (χ2n) is 20.2. The normalized spacial score (nSPS) is 14.2. The highest BCUT2D eigenvalue weighted by molar-refractivity contribution is 6.13. The average Bonchev–Trinajstić information content (AvgIpc) is 3.74. The molecule has 0 unspecified atom stereocenters. The maximum atomic E-state index is 13.8. The highest BCUT2D eigenvalue weighted by Crippen LogP contribution is 2.30. The Morgan fingerprint density at radius 2 is 1.28 bits per heavy atom. The first-order chi connectivity index (χ1) is 35.6. The van der Waals surface area contributed by atoms with E-state index < -0.39 is 29.3 Å². The number of ether oxygens (including phenoxy) is 8. The molecule has 1 aliphatic rings. The van der Waals surface area contributed by atoms with Gasteiger partial charge in [-0.05, 0) is 98.0 Å². The van der Waals surface area contributed by atoms with Crippen LogP contribution in [0.25, 0.3) is 11.0 Å². The summed E-state index contributed by atoms with van der Waals surface area (Å²) < 4.78 is 45.9. The largest absolute Gasteiger partial charge is 0.443 e. The second-order valence-corrected chi connectivity index (χ2v) is 20.2. The van der Waals surface area contributed by atoms with E-state index in [-0.39, 0.29) is 55.5 Å². The molecule has 23 nitrogen and oxygen atoms in total. The molecule has 1 aliphatic heterocycles. The first kappa shape index (κ1) is 61.7. The van der Waals surface area contributed by atoms with Crippen molar-refractivity contribution in [3.63, 3.8) is 0 Å². The first-order valence-corrected chi connectivity index (χ1v) is 25.5. The summed E-state index contributed by atoms with van der Waals surface area (Å²) in [4.78, 5) is 79.6. The Morgan fingerprint density at radius 1 is 0.747 bits per heavy atom. The van der Waals surface area contributed by atoms with E-state index >= 15 is 0 Å². The summed E-state index contributed by atoms with van der Waals surface area (Å²) in [6, 6.07) is 3.39. The fourth-order valence-corrected chi connectivity index (χ4v) is 7.47. The predicted molar refractivity (Wildman–Crippen MR) is 282 cm³/mol. The van der Waals surface area contributed by atoms with Crippen molar-refractivity contribution in [2.75, 3.05) is 144 Å². The number of hydrogen-bond acceptors (Lipinski definition) is 18. The highest BCUT2D eigenvalue weighted by Gasteiger charge is 2.32. The Balaban J connectivity index is 1.04. The molecule has 0 saturated carbocycles. The number of likely N-dealkylation sites (tertiary alicyclic amines) is 1. The molecule has 23 heteroatoms. The number of nitrogen functional groups attached to an aromatic ring is 1. The standard InChI is InChI=1S/C52H82N10O13/c1-37-38(2)41(17-16-39(37)34-43(64)58(9)10)56-48(65)45-44-46(53)54-36-55-47(44)62(57-45)40-14-12-19-60(35-40)42(63)15-13-18-59(11)20-22-68-24-26-70-28-30-72-32-33-73-31-29-71-27-25-69-23-21-61(49(66)74-51(3,4)5)50(67)75-52(6,7)8/h13,15-17,36,40H,12,14,18-35H2,1-11H3,(H,56,65)(H2,53,54,55)/b15-13+/t40-/m1/s1. The molecule has 2 aromatic heterocycles. The van der Waals surface area contributed by atoms with Crippen LogP contribution in [0.4, 0.5) is 21.1 Å². The summed E-state index contributed by atoms with van der Waals surface area (Å²) >= 11 is 0. The van der Waals surface area contributed by atoms with Gasteiger partial charge in [0.1, 0.15) is 23.3 Å². The van der Waals surface area contributed by atoms with Crippen molar-refractivity contribution in [1.29, 1.82) is 0 Å². The lowest BCUT2D eigenvalue weighted by molar-refractivity contribution is -0.128. The van der Waals surface area contributed by atoms with Crippen molar-refractivity contribution in [2.24, 2.45) is 0 Å². The van der Waals surface area contributed by atoms with Crippen molar-refractivity contribution < 1.29 is 61.9 Å². The predicted octanol–water partition coefficient (Wildman–Crippen LogP) is 4.83. The Morgan fingerprint density at radius 3 is 1.81 bits per heavy atom. The summed E-state index contributed by atoms with van der Waals surface area (Å²) in [6.45, 7) is 20.8. The molecule has 4 rings (SSSR count). The molecule has 0 spiro atoms. The van der Waals surface area contributed by atoms with E-state index in [9.17, 15) is 24.0 Å². The van der Waals surface area contributed by atoms with Crippen molar-refractivity contribution in [3.8, 4) is 0 Å². The lowest BCUT2D eigenvalue weighted by Crippen LogP contribution is -2.45. The number of amides is 5. The molecule has 5 amide bonds. The molecule has 75 heavy (non-hydrogen) atoms. The topological polar surface area (TPSA) is 254 Å². The van der Waals surface area contributed by atoms with Crippen LogP contribution in [0.2, 0.25) is 0 Å². The third-order valence-electron chi connectivity index (χ3n) is 11.6. The smallest absolute Gasteiger partial charge is 0.419 e. The van der Waals surface area contributed by atoms with Gasteiger partial charge in [0.25, 0.3) is 5.91 Å². The summed E-state index contributed by atoms with van der Waals surface area (Å²) in [5, 5.41) is 8.06. The van der Waals surface area contributed by atoms with E-state index in [4.69, 9.17) is 48.7 Å². The molecule has 0 radical (unpaired) electrons. The van der Waals surface area contributed by atoms with Gasteiger partial charge in [-0.3, -0.25) is 14.4 Å². The minimum absolute atomic E-state index is 0.0149. The summed E-state index contributed by atoms with van der Waals surface area (Å²) in [7, 11) is 5.39. The van der Waals surface area contributed by atoms with E-state index in [1.807, 2.05) is 33.0 Å². The molecule has 1 saturated heterocycles. The van der Waals surface area contributed by atoms with Gasteiger partial charge in [0, 0.05) is 52.0 Å². The number of nitrogens with one attached hydrogen (secondary N) is 1. The number of aromatic nitrogens is 4. The SMILES string of the molecule is Cc1c(CC(=O)N(C)C)ccc(NC(=O)c2nn([C@@H]3CCCN(C(=O)/C=C/CN(C)CCOCCOCCOCCOCCOCCOCCN(C(=O)OC(C)(C)C)C(=O)OC(C)(C)C)C3)c3ncnc(N)c23)c1C. The maximum absolute atomic E-state index is 13.8. The lowest BCUT2D eigenvalue weighted by atomic mass is 9.98. The van der Waals surface area contributed by atoms with Crippen LogP contribution < -0.4 is 11.1 Å². The number of carbonyl (C=O) groups is 5. The summed E-state index contributed by atoms with van der Waals surface area (Å²) in [6.07, 6.45) is 4.89. The molecule has 3 aromatic rings. The van der Waals surface area contributed by atoms with Crippen LogP contribution in [0.5, 0.6) is 0 Å². The van der Waals surface area contributed by atoms with E-state index in [2.05, 4.69) is 20.2 Å². The molecule has 1 atom stereocenters. The monoisotopic (exact) mass is 1050 g/mol. The van der Waals surface area contributed by atoms with Crippen LogP contribution in [0.15, 0.2) is 30.6 Å². The second kappa shape index (κ2) is 30.7. The zero-order valence-corrected chi connectivity index (χ0v) is 46.1. The molecular formula is C52H82N10O13. The molecular weight excluding hydrogens is 973 g/mol. The first-order valence-electron chi connectivity index (χ1n) is 25.5. The molecule has 0 aliphatic carbocycles. The number of anilines is 2. The van der Waals surface area contributed by atoms with Crippen LogP contribution >= 0.6 is 0 Å². The molecule has 1 fully saturated rings. The molecule has 1 aromatic carbocycles. The van der Waals surface area contributed by atoms with Crippen molar-refractivity contribution in [1.82, 2.24) is 39.3 Å². The average molecular weight is 1060 g/mol. The van der Waals surface area contributed by atoms with Crippen LogP contribution in [-0.2, 0) is 53.9 Å². The minimum Gasteiger partial charge on any atom is -0.443 e. The Bertz CT molecular complexity index is 2320. The molecule has 3 heterocycles. The number of hydrogen-bond donors (Lipinski definition) is 2. The fraction of sp³-hybridized carbons (Fsp3) is 0.654. The number of benzene rings is 1. The minimum atomic E-state index is -0.799. The third-order valence-corrected chi connectivity index (χ3v) is 11.6. The van der Waals surface area contributed by atoms with Gasteiger partial charge in [0.15, 0.2) is 11.3 Å². The summed E-state index contributed by atoms with van der Waals surface area (Å²) in [5.74, 6) is -0.471. The van der Waals surface area contributed by atoms with Gasteiger partial charge in [0.2, 0.25) is 11.8 Å². The van der Waals surface area contributed by atoms with Crippen molar-refractivity contribution in [3.05, 3.63) is 53.0 Å². The Labute approximate surface area is 441 Å². The quantitative estimate of drug-likeness (QED) is 0.0697. The van der Waals surface area contributed by atoms with Gasteiger partial charge < -0.3 is 63.6 Å². The van der Waals surface area contributed by atoms with Gasteiger partial charge in [-0.15, -0.1) is 0 Å². The van der Waals surface area contributed by atoms with E-state index in [1.165, 1.54) is 6.33 Å². The highest BCUT2D eigenvalue weighted by atomic mass is 16.6. The van der Waals surface area contributed by atoms with Gasteiger partial charge in [0.05, 0.1) is 104 Å². The number of imide groups is 1. The number of carbonyl (C=O) groups excluding carboxylic acids is 5. The molecule has 0 bridgehead atoms. The number of nitrogens with zero attached hydrogens (tertiary/aromatic N) is 8. The van der Waals surface area contributed by atoms with Crippen LogP contribution in [0.3, 0.4) is 0 Å². The fourth-order valence-electron chi connectivity index (χ4n) is 7.47. The molecule has 418 valence electrons. The number of rotatable bonds is 29. The molecule has 3 N–H and O–H groups in total. The van der Waals surface area contributed by atoms with Crippen LogP contribution in [0, 0.1) is 13.8 Å². The number of piperidine rings is 1. The Hall–Kier alpha value is -5.82. The van der Waals surface area contributed by atoms with Gasteiger partial charge in [-0.1, -0.05) is 12.1 Å². The zero-order valence-electron chi connectivity index (χ0n) is 46.1. The van der Waals surface area contributed by atoms with Crippen LogP contribution in [0.1, 0.15) is 87.6 Å². The van der Waals surface area contributed by atoms with Crippen molar-refractivity contribution in [2.45, 2.75) is 91.9 Å². The third kappa shape index (κ3) is 21.4. The zero-order chi connectivity index (χ0) is 55.1. The van der Waals surface area contributed by atoms with Crippen LogP contribution in [-0.4, -0.2) is 214 Å². The van der Waals surface area contributed by atoms with E-state index in [0.29, 0.717) is 109 Å². The Kier molecular flexibility index (Phi) is 25.2. The van der Waals surface area contributed by atoms with Crippen molar-refractivity contribution >= 4 is 52.4 Å².